The maximum atomic E-state index is 12.0. The van der Waals surface area contributed by atoms with Gasteiger partial charge in [0, 0.05) is 19.0 Å². The third kappa shape index (κ3) is 2.17. The monoisotopic (exact) mass is 269 g/mol. The predicted octanol–water partition coefficient (Wildman–Crippen LogP) is -1.88. The smallest absolute Gasteiger partial charge is 0.339 e. The lowest BCUT2D eigenvalue weighted by molar-refractivity contribution is -0.0820. The maximum absolute atomic E-state index is 12.0. The van der Waals surface area contributed by atoms with Gasteiger partial charge in [0.2, 0.25) is 0 Å². The van der Waals surface area contributed by atoms with E-state index in [0.717, 1.165) is 9.80 Å². The van der Waals surface area contributed by atoms with E-state index in [2.05, 4.69) is 6.04 Å². The van der Waals surface area contributed by atoms with Crippen LogP contribution in [0.1, 0.15) is 6.42 Å². The number of hydrogen-bond acceptors (Lipinski definition) is 6. The van der Waals surface area contributed by atoms with Crippen molar-refractivity contribution in [3.05, 3.63) is 0 Å². The van der Waals surface area contributed by atoms with Crippen molar-refractivity contribution in [1.82, 2.24) is 9.80 Å². The van der Waals surface area contributed by atoms with Crippen LogP contribution in [0.25, 0.3) is 0 Å². The van der Waals surface area contributed by atoms with Crippen LogP contribution in [-0.4, -0.2) is 74.7 Å². The molecule has 0 bridgehead atoms. The molecule has 104 valence electrons. The first-order chi connectivity index (χ1) is 9.01. The first kappa shape index (κ1) is 13.8. The summed E-state index contributed by atoms with van der Waals surface area (Å²) in [4.78, 5) is 14.0. The number of nitrogens with one attached hydrogen (secondary N) is 1. The summed E-state index contributed by atoms with van der Waals surface area (Å²) in [5.41, 5.74) is 0. The lowest BCUT2D eigenvalue weighted by atomic mass is 10.1. The second-order valence-corrected chi connectivity index (χ2v) is 4.37. The zero-order valence-electron chi connectivity index (χ0n) is 10.1. The van der Waals surface area contributed by atoms with Crippen LogP contribution in [-0.2, 0) is 4.74 Å². The van der Waals surface area contributed by atoms with Crippen molar-refractivity contribution in [2.45, 2.75) is 31.0 Å². The standard InChI is InChI=1S/C11H15N3O5/c1-2-13-7(12)3-4-14(11(13)18)10-9(17)8(16)6(5-15)19-10/h1,6,8-10,12,15-17H,3-5H2/t6-,8-,9-,10-/m1/s1. The molecule has 2 heterocycles. The highest BCUT2D eigenvalue weighted by atomic mass is 16.6. The Morgan fingerprint density at radius 1 is 1.47 bits per heavy atom. The van der Waals surface area contributed by atoms with E-state index in [0.29, 0.717) is 0 Å². The van der Waals surface area contributed by atoms with E-state index in [9.17, 15) is 15.0 Å². The Hall–Kier alpha value is -1.66. The average molecular weight is 269 g/mol. The topological polar surface area (TPSA) is 117 Å². The molecule has 0 aromatic carbocycles. The SMILES string of the molecule is C#CN1C(=N)CCN([C@@H]2O[C@H](CO)[C@@H](O)[C@H]2O)C1=O. The molecule has 2 aliphatic heterocycles. The summed E-state index contributed by atoms with van der Waals surface area (Å²) in [6.07, 6.45) is 0.749. The number of aliphatic hydroxyl groups excluding tert-OH is 3. The highest BCUT2D eigenvalue weighted by Crippen LogP contribution is 2.26. The van der Waals surface area contributed by atoms with Crippen LogP contribution < -0.4 is 0 Å². The van der Waals surface area contributed by atoms with Gasteiger partial charge in [-0.1, -0.05) is 6.42 Å². The zero-order chi connectivity index (χ0) is 14.2. The number of urea groups is 1. The van der Waals surface area contributed by atoms with Gasteiger partial charge in [-0.05, 0) is 0 Å². The van der Waals surface area contributed by atoms with Gasteiger partial charge < -0.3 is 20.1 Å². The molecule has 0 aromatic heterocycles. The van der Waals surface area contributed by atoms with E-state index in [4.69, 9.17) is 21.7 Å². The van der Waals surface area contributed by atoms with Crippen molar-refractivity contribution in [1.29, 1.82) is 5.41 Å². The number of amidine groups is 1. The van der Waals surface area contributed by atoms with Crippen LogP contribution in [0.15, 0.2) is 0 Å². The Kier molecular flexibility index (Phi) is 3.73. The molecule has 8 nitrogen and oxygen atoms in total. The Labute approximate surface area is 109 Å². The van der Waals surface area contributed by atoms with E-state index in [1.807, 2.05) is 0 Å². The quantitative estimate of drug-likeness (QED) is 0.438. The largest absolute Gasteiger partial charge is 0.394 e. The molecular weight excluding hydrogens is 254 g/mol. The number of hydrogen-bond donors (Lipinski definition) is 4. The fraction of sp³-hybridized carbons (Fsp3) is 0.636. The number of aliphatic hydroxyl groups is 3. The normalized spacial score (nSPS) is 35.7. The molecule has 0 unspecified atom stereocenters. The minimum atomic E-state index is -1.33. The molecule has 2 fully saturated rings. The number of amides is 2. The molecule has 2 amide bonds. The maximum Gasteiger partial charge on any atom is 0.339 e. The number of rotatable bonds is 2. The highest BCUT2D eigenvalue weighted by Gasteiger charge is 2.48. The van der Waals surface area contributed by atoms with Crippen molar-refractivity contribution in [2.75, 3.05) is 13.2 Å². The van der Waals surface area contributed by atoms with Gasteiger partial charge in [0.25, 0.3) is 0 Å². The van der Waals surface area contributed by atoms with Gasteiger partial charge in [0.05, 0.1) is 6.61 Å². The average Bonchev–Trinajstić information content (AvgIpc) is 2.67. The van der Waals surface area contributed by atoms with Crippen LogP contribution in [0.2, 0.25) is 0 Å². The molecule has 0 saturated carbocycles. The van der Waals surface area contributed by atoms with Gasteiger partial charge in [-0.25, -0.2) is 9.69 Å². The minimum Gasteiger partial charge on any atom is -0.394 e. The zero-order valence-corrected chi connectivity index (χ0v) is 10.1. The van der Waals surface area contributed by atoms with E-state index >= 15 is 0 Å². The summed E-state index contributed by atoms with van der Waals surface area (Å²) in [5.74, 6) is -0.00417. The molecule has 4 atom stereocenters. The van der Waals surface area contributed by atoms with Crippen molar-refractivity contribution < 1.29 is 24.9 Å². The Morgan fingerprint density at radius 2 is 2.16 bits per heavy atom. The van der Waals surface area contributed by atoms with Crippen LogP contribution >= 0.6 is 0 Å². The van der Waals surface area contributed by atoms with Crippen molar-refractivity contribution in [3.63, 3.8) is 0 Å². The van der Waals surface area contributed by atoms with Crippen LogP contribution in [0.4, 0.5) is 4.79 Å². The van der Waals surface area contributed by atoms with Crippen LogP contribution in [0, 0.1) is 17.9 Å². The lowest BCUT2D eigenvalue weighted by Crippen LogP contribution is -2.56. The second kappa shape index (κ2) is 5.14. The molecule has 19 heavy (non-hydrogen) atoms. The number of carbonyl (C=O) groups excluding carboxylic acids is 1. The van der Waals surface area contributed by atoms with Gasteiger partial charge in [0.1, 0.15) is 24.1 Å². The van der Waals surface area contributed by atoms with Crippen molar-refractivity contribution in [3.8, 4) is 12.5 Å². The summed E-state index contributed by atoms with van der Waals surface area (Å²) >= 11 is 0. The fourth-order valence-corrected chi connectivity index (χ4v) is 2.18. The third-order valence-electron chi connectivity index (χ3n) is 3.25. The summed E-state index contributed by atoms with van der Waals surface area (Å²) in [7, 11) is 0. The summed E-state index contributed by atoms with van der Waals surface area (Å²) in [6.45, 7) is -0.312. The van der Waals surface area contributed by atoms with E-state index in [-0.39, 0.29) is 18.8 Å². The molecule has 2 saturated heterocycles. The molecule has 8 heteroatoms. The molecular formula is C11H15N3O5. The highest BCUT2D eigenvalue weighted by molar-refractivity contribution is 6.00. The van der Waals surface area contributed by atoms with Crippen LogP contribution in [0.5, 0.6) is 0 Å². The molecule has 0 aliphatic carbocycles. The van der Waals surface area contributed by atoms with Gasteiger partial charge in [-0.15, -0.1) is 0 Å². The van der Waals surface area contributed by atoms with Gasteiger partial charge >= 0.3 is 6.03 Å². The van der Waals surface area contributed by atoms with Gasteiger partial charge in [0.15, 0.2) is 6.23 Å². The minimum absolute atomic E-state index is 0.00417. The number of nitrogens with zero attached hydrogens (tertiary/aromatic N) is 2. The van der Waals surface area contributed by atoms with Gasteiger partial charge in [-0.2, -0.15) is 0 Å². The Bertz CT molecular complexity index is 435. The molecule has 0 radical (unpaired) electrons. The fourth-order valence-electron chi connectivity index (χ4n) is 2.18. The predicted molar refractivity (Wildman–Crippen MR) is 62.9 cm³/mol. The summed E-state index contributed by atoms with van der Waals surface area (Å²) < 4.78 is 5.26. The number of terminal acetylenes is 1. The molecule has 0 aromatic rings. The molecule has 2 aliphatic rings. The lowest BCUT2D eigenvalue weighted by Gasteiger charge is -2.36. The number of carbonyl (C=O) groups is 1. The van der Waals surface area contributed by atoms with Crippen LogP contribution in [0.3, 0.4) is 0 Å². The van der Waals surface area contributed by atoms with Crippen molar-refractivity contribution in [2.24, 2.45) is 0 Å². The Balaban J connectivity index is 2.17. The number of ether oxygens (including phenoxy) is 1. The van der Waals surface area contributed by atoms with Gasteiger partial charge in [-0.3, -0.25) is 10.3 Å². The summed E-state index contributed by atoms with van der Waals surface area (Å²) in [5, 5.41) is 36.0. The molecule has 4 N–H and O–H groups in total. The second-order valence-electron chi connectivity index (χ2n) is 4.37. The Morgan fingerprint density at radius 3 is 2.68 bits per heavy atom. The van der Waals surface area contributed by atoms with E-state index in [1.165, 1.54) is 0 Å². The van der Waals surface area contributed by atoms with Crippen molar-refractivity contribution >= 4 is 11.9 Å². The third-order valence-corrected chi connectivity index (χ3v) is 3.25. The first-order valence-corrected chi connectivity index (χ1v) is 5.78. The first-order valence-electron chi connectivity index (χ1n) is 5.78. The van der Waals surface area contributed by atoms with E-state index < -0.39 is 37.2 Å². The summed E-state index contributed by atoms with van der Waals surface area (Å²) in [6, 6.07) is 1.42. The van der Waals surface area contributed by atoms with E-state index in [1.54, 1.807) is 0 Å². The molecule has 2 rings (SSSR count). The molecule has 0 spiro atoms.